The van der Waals surface area contributed by atoms with Crippen LogP contribution < -0.4 is 4.74 Å². The Morgan fingerprint density at radius 3 is 3.05 bits per heavy atom. The van der Waals surface area contributed by atoms with Crippen LogP contribution in [-0.4, -0.2) is 37.2 Å². The van der Waals surface area contributed by atoms with E-state index in [-0.39, 0.29) is 12.0 Å². The Hall–Kier alpha value is -1.07. The molecular weight excluding hydrogens is 310 g/mol. The number of benzene rings is 1. The third kappa shape index (κ3) is 3.28. The molecule has 0 aromatic heterocycles. The molecule has 1 aliphatic rings. The second-order valence-electron chi connectivity index (χ2n) is 4.49. The van der Waals surface area contributed by atoms with Gasteiger partial charge in [-0.25, -0.2) is 0 Å². The maximum atomic E-state index is 12.3. The minimum Gasteiger partial charge on any atom is -0.491 e. The Morgan fingerprint density at radius 2 is 2.37 bits per heavy atom. The molecule has 0 aliphatic carbocycles. The van der Waals surface area contributed by atoms with Crippen LogP contribution in [0, 0.1) is 0 Å². The van der Waals surface area contributed by atoms with Gasteiger partial charge in [-0.3, -0.25) is 4.79 Å². The summed E-state index contributed by atoms with van der Waals surface area (Å²) in [5, 5.41) is 0. The second kappa shape index (κ2) is 6.39. The van der Waals surface area contributed by atoms with E-state index in [1.165, 1.54) is 0 Å². The average Bonchev–Trinajstić information content (AvgIpc) is 2.61. The van der Waals surface area contributed by atoms with E-state index < -0.39 is 0 Å². The highest BCUT2D eigenvalue weighted by Crippen LogP contribution is 2.27. The minimum atomic E-state index is -0.367. The van der Waals surface area contributed by atoms with Crippen molar-refractivity contribution in [2.24, 2.45) is 0 Å². The Kier molecular flexibility index (Phi) is 4.82. The number of ether oxygens (including phenoxy) is 2. The maximum absolute atomic E-state index is 12.3. The van der Waals surface area contributed by atoms with Crippen molar-refractivity contribution in [3.63, 3.8) is 0 Å². The third-order valence-corrected chi connectivity index (χ3v) is 3.74. The van der Waals surface area contributed by atoms with Gasteiger partial charge in [0.05, 0.1) is 6.54 Å². The molecule has 1 aromatic rings. The quantitative estimate of drug-likeness (QED) is 0.856. The van der Waals surface area contributed by atoms with Crippen LogP contribution in [0.5, 0.6) is 5.75 Å². The molecule has 0 unspecified atom stereocenters. The first-order chi connectivity index (χ1) is 9.15. The number of halogens is 1. The van der Waals surface area contributed by atoms with E-state index in [2.05, 4.69) is 15.9 Å². The fraction of sp³-hybridized carbons (Fsp3) is 0.500. The molecule has 2 rings (SSSR count). The van der Waals surface area contributed by atoms with Crippen molar-refractivity contribution >= 4 is 21.8 Å². The zero-order chi connectivity index (χ0) is 13.8. The zero-order valence-corrected chi connectivity index (χ0v) is 12.8. The van der Waals surface area contributed by atoms with Crippen LogP contribution >= 0.6 is 15.9 Å². The number of carbonyl (C=O) groups is 1. The van der Waals surface area contributed by atoms with Crippen LogP contribution in [0.2, 0.25) is 0 Å². The molecule has 0 fully saturated rings. The van der Waals surface area contributed by atoms with E-state index in [9.17, 15) is 4.79 Å². The third-order valence-electron chi connectivity index (χ3n) is 3.24. The minimum absolute atomic E-state index is 0.0291. The Bertz CT molecular complexity index is 460. The van der Waals surface area contributed by atoms with Gasteiger partial charge >= 0.3 is 0 Å². The number of rotatable bonds is 3. The lowest BCUT2D eigenvalue weighted by molar-refractivity contribution is -0.142. The molecular formula is C14H18BrNO3. The molecule has 0 saturated carbocycles. The summed E-state index contributed by atoms with van der Waals surface area (Å²) in [5.74, 6) is 0.880. The number of carbonyl (C=O) groups excluding carboxylic acids is 1. The predicted octanol–water partition coefficient (Wildman–Crippen LogP) is 2.60. The Labute approximate surface area is 121 Å². The lowest BCUT2D eigenvalue weighted by atomic mass is 10.1. The standard InChI is InChI=1S/C14H18BrNO3/c1-3-12(18-2)14(17)16-6-7-19-13-5-4-11(15)8-10(13)9-16/h4-5,8,12H,3,6-7,9H2,1-2H3/t12-/m0/s1. The largest absolute Gasteiger partial charge is 0.491 e. The van der Waals surface area contributed by atoms with E-state index in [1.807, 2.05) is 25.1 Å². The maximum Gasteiger partial charge on any atom is 0.252 e. The van der Waals surface area contributed by atoms with Crippen molar-refractivity contribution in [1.29, 1.82) is 0 Å². The lowest BCUT2D eigenvalue weighted by Gasteiger charge is -2.24. The monoisotopic (exact) mass is 327 g/mol. The lowest BCUT2D eigenvalue weighted by Crippen LogP contribution is -2.40. The van der Waals surface area contributed by atoms with Gasteiger partial charge in [-0.15, -0.1) is 0 Å². The Balaban J connectivity index is 2.19. The number of hydrogen-bond donors (Lipinski definition) is 0. The summed E-state index contributed by atoms with van der Waals surface area (Å²) in [6.07, 6.45) is 0.312. The molecule has 0 radical (unpaired) electrons. The van der Waals surface area contributed by atoms with E-state index in [4.69, 9.17) is 9.47 Å². The van der Waals surface area contributed by atoms with E-state index >= 15 is 0 Å². The first-order valence-electron chi connectivity index (χ1n) is 6.38. The molecule has 0 bridgehead atoms. The van der Waals surface area contributed by atoms with E-state index in [0.29, 0.717) is 26.1 Å². The molecule has 5 heteroatoms. The molecule has 0 N–H and O–H groups in total. The van der Waals surface area contributed by atoms with Crippen molar-refractivity contribution in [3.8, 4) is 5.75 Å². The van der Waals surface area contributed by atoms with Crippen molar-refractivity contribution < 1.29 is 14.3 Å². The van der Waals surface area contributed by atoms with Gasteiger partial charge in [0, 0.05) is 23.7 Å². The molecule has 104 valence electrons. The van der Waals surface area contributed by atoms with Crippen LogP contribution in [0.4, 0.5) is 0 Å². The average molecular weight is 328 g/mol. The van der Waals surface area contributed by atoms with Gasteiger partial charge in [0.1, 0.15) is 18.5 Å². The number of fused-ring (bicyclic) bond motifs is 1. The van der Waals surface area contributed by atoms with Crippen LogP contribution in [-0.2, 0) is 16.1 Å². The summed E-state index contributed by atoms with van der Waals surface area (Å²) in [4.78, 5) is 14.1. The van der Waals surface area contributed by atoms with Crippen molar-refractivity contribution in [3.05, 3.63) is 28.2 Å². The smallest absolute Gasteiger partial charge is 0.252 e. The number of methoxy groups -OCH3 is 1. The molecule has 1 atom stereocenters. The van der Waals surface area contributed by atoms with Gasteiger partial charge in [-0.05, 0) is 24.6 Å². The number of amides is 1. The molecule has 1 amide bonds. The second-order valence-corrected chi connectivity index (χ2v) is 5.41. The first-order valence-corrected chi connectivity index (χ1v) is 7.17. The van der Waals surface area contributed by atoms with Gasteiger partial charge in [-0.2, -0.15) is 0 Å². The SMILES string of the molecule is CC[C@H](OC)C(=O)N1CCOc2ccc(Br)cc2C1. The van der Waals surface area contributed by atoms with Crippen molar-refractivity contribution in [2.75, 3.05) is 20.3 Å². The van der Waals surface area contributed by atoms with Crippen LogP contribution in [0.3, 0.4) is 0 Å². The van der Waals surface area contributed by atoms with Crippen LogP contribution in [0.1, 0.15) is 18.9 Å². The molecule has 1 aromatic carbocycles. The van der Waals surface area contributed by atoms with Crippen LogP contribution in [0.25, 0.3) is 0 Å². The van der Waals surface area contributed by atoms with Gasteiger partial charge in [0.2, 0.25) is 0 Å². The highest BCUT2D eigenvalue weighted by molar-refractivity contribution is 9.10. The van der Waals surface area contributed by atoms with Gasteiger partial charge in [0.25, 0.3) is 5.91 Å². The summed E-state index contributed by atoms with van der Waals surface area (Å²) in [6.45, 7) is 3.61. The summed E-state index contributed by atoms with van der Waals surface area (Å²) in [5.41, 5.74) is 1.02. The number of hydrogen-bond acceptors (Lipinski definition) is 3. The van der Waals surface area contributed by atoms with Gasteiger partial charge in [0.15, 0.2) is 0 Å². The Morgan fingerprint density at radius 1 is 1.58 bits per heavy atom. The molecule has 1 aliphatic heterocycles. The first kappa shape index (κ1) is 14.3. The van der Waals surface area contributed by atoms with Gasteiger partial charge < -0.3 is 14.4 Å². The highest BCUT2D eigenvalue weighted by Gasteiger charge is 2.25. The van der Waals surface area contributed by atoms with E-state index in [1.54, 1.807) is 12.0 Å². The predicted molar refractivity (Wildman–Crippen MR) is 76.1 cm³/mol. The molecule has 19 heavy (non-hydrogen) atoms. The fourth-order valence-corrected chi connectivity index (χ4v) is 2.61. The topological polar surface area (TPSA) is 38.8 Å². The highest BCUT2D eigenvalue weighted by atomic mass is 79.9. The fourth-order valence-electron chi connectivity index (χ4n) is 2.20. The normalized spacial score (nSPS) is 16.3. The molecule has 0 spiro atoms. The summed E-state index contributed by atoms with van der Waals surface area (Å²) < 4.78 is 11.9. The molecule has 0 saturated heterocycles. The molecule has 1 heterocycles. The number of nitrogens with zero attached hydrogens (tertiary/aromatic N) is 1. The van der Waals surface area contributed by atoms with Crippen LogP contribution in [0.15, 0.2) is 22.7 Å². The van der Waals surface area contributed by atoms with Gasteiger partial charge in [-0.1, -0.05) is 22.9 Å². The summed E-state index contributed by atoms with van der Waals surface area (Å²) >= 11 is 3.45. The summed E-state index contributed by atoms with van der Waals surface area (Å²) in [7, 11) is 1.57. The zero-order valence-electron chi connectivity index (χ0n) is 11.2. The summed E-state index contributed by atoms with van der Waals surface area (Å²) in [6, 6.07) is 5.87. The molecule has 4 nitrogen and oxygen atoms in total. The van der Waals surface area contributed by atoms with Crippen molar-refractivity contribution in [2.45, 2.75) is 26.0 Å². The van der Waals surface area contributed by atoms with E-state index in [0.717, 1.165) is 15.8 Å². The van der Waals surface area contributed by atoms with Crippen molar-refractivity contribution in [1.82, 2.24) is 4.90 Å².